The first-order valence-corrected chi connectivity index (χ1v) is 13.0. The third kappa shape index (κ3) is 6.19. The van der Waals surface area contributed by atoms with Crippen molar-refractivity contribution >= 4 is 35.0 Å². The third-order valence-corrected chi connectivity index (χ3v) is 6.33. The molecule has 0 aliphatic carbocycles. The van der Waals surface area contributed by atoms with Crippen LogP contribution in [0.1, 0.15) is 12.5 Å². The molecule has 0 bridgehead atoms. The predicted octanol–water partition coefficient (Wildman–Crippen LogP) is 8.56. The van der Waals surface area contributed by atoms with Crippen molar-refractivity contribution in [1.29, 1.82) is 5.41 Å². The van der Waals surface area contributed by atoms with Crippen molar-refractivity contribution in [2.24, 2.45) is 0 Å². The molecule has 0 spiro atoms. The summed E-state index contributed by atoms with van der Waals surface area (Å²) in [6.07, 6.45) is 12.6. The Kier molecular flexibility index (Phi) is 8.18. The Morgan fingerprint density at radius 2 is 1.27 bits per heavy atom. The minimum atomic E-state index is 0.810. The minimum Gasteiger partial charge on any atom is -0.308 e. The second-order valence-corrected chi connectivity index (χ2v) is 9.27. The van der Waals surface area contributed by atoms with E-state index in [-0.39, 0.29) is 0 Å². The number of aryl methyl sites for hydroxylation is 1. The van der Waals surface area contributed by atoms with Gasteiger partial charge in [-0.05, 0) is 96.8 Å². The van der Waals surface area contributed by atoms with Crippen LogP contribution in [-0.4, -0.2) is 21.2 Å². The maximum Gasteiger partial charge on any atom is 0.138 e. The standard InChI is InChI=1S/C34H30N6/c1-26(24-35)8-7-23-39(32-9-3-5-21-36-32)30-16-12-28(13-17-30)29-14-18-31(19-15-29)40(33-10-4-6-22-37-33)34-20-11-27(2)25-38-34/h3-25,35H,1-2H3/b23-7+,26-8-,35-24?. The maximum absolute atomic E-state index is 7.40. The molecule has 0 fully saturated rings. The summed E-state index contributed by atoms with van der Waals surface area (Å²) in [4.78, 5) is 17.8. The Bertz CT molecular complexity index is 1590. The number of allylic oxidation sites excluding steroid dienone is 3. The summed E-state index contributed by atoms with van der Waals surface area (Å²) < 4.78 is 0. The highest BCUT2D eigenvalue weighted by atomic mass is 15.2. The molecule has 6 nitrogen and oxygen atoms in total. The molecule has 0 saturated carbocycles. The highest BCUT2D eigenvalue weighted by Gasteiger charge is 2.15. The van der Waals surface area contributed by atoms with Crippen LogP contribution in [0.3, 0.4) is 0 Å². The molecular weight excluding hydrogens is 492 g/mol. The molecule has 0 saturated heterocycles. The van der Waals surface area contributed by atoms with E-state index in [0.717, 1.165) is 51.1 Å². The first kappa shape index (κ1) is 26.3. The van der Waals surface area contributed by atoms with E-state index in [4.69, 9.17) is 5.41 Å². The van der Waals surface area contributed by atoms with Gasteiger partial charge in [-0.15, -0.1) is 0 Å². The van der Waals surface area contributed by atoms with Crippen molar-refractivity contribution in [2.45, 2.75) is 13.8 Å². The quantitative estimate of drug-likeness (QED) is 0.155. The first-order chi connectivity index (χ1) is 19.6. The van der Waals surface area contributed by atoms with Crippen molar-refractivity contribution in [2.75, 3.05) is 9.80 Å². The normalized spacial score (nSPS) is 11.4. The fraction of sp³-hybridized carbons (Fsp3) is 0.0588. The van der Waals surface area contributed by atoms with E-state index in [9.17, 15) is 0 Å². The predicted molar refractivity (Wildman–Crippen MR) is 165 cm³/mol. The Hall–Kier alpha value is -5.36. The molecule has 0 atom stereocenters. The van der Waals surface area contributed by atoms with Gasteiger partial charge in [0.1, 0.15) is 17.5 Å². The lowest BCUT2D eigenvalue weighted by Crippen LogP contribution is -2.12. The zero-order valence-electron chi connectivity index (χ0n) is 22.5. The molecule has 3 heterocycles. The molecule has 1 N–H and O–H groups in total. The second-order valence-electron chi connectivity index (χ2n) is 9.27. The molecule has 3 aromatic heterocycles. The molecular formula is C34H30N6. The average Bonchev–Trinajstić information content (AvgIpc) is 3.02. The zero-order valence-corrected chi connectivity index (χ0v) is 22.5. The summed E-state index contributed by atoms with van der Waals surface area (Å²) in [5.41, 5.74) is 6.17. The van der Waals surface area contributed by atoms with Crippen LogP contribution in [-0.2, 0) is 0 Å². The number of pyridine rings is 3. The number of rotatable bonds is 9. The largest absolute Gasteiger partial charge is 0.308 e. The molecule has 0 radical (unpaired) electrons. The number of hydrogen-bond acceptors (Lipinski definition) is 6. The lowest BCUT2D eigenvalue weighted by atomic mass is 10.0. The number of aromatic nitrogens is 3. The van der Waals surface area contributed by atoms with Crippen molar-refractivity contribution in [3.63, 3.8) is 0 Å². The summed E-state index contributed by atoms with van der Waals surface area (Å²) in [7, 11) is 0. The van der Waals surface area contributed by atoms with Crippen molar-refractivity contribution in [3.8, 4) is 11.1 Å². The van der Waals surface area contributed by atoms with E-state index < -0.39 is 0 Å². The lowest BCUT2D eigenvalue weighted by molar-refractivity contribution is 1.12. The number of anilines is 5. The molecule has 6 heteroatoms. The fourth-order valence-electron chi connectivity index (χ4n) is 4.20. The summed E-state index contributed by atoms with van der Waals surface area (Å²) in [6, 6.07) is 32.6. The van der Waals surface area contributed by atoms with Crippen LogP contribution in [0.4, 0.5) is 28.8 Å². The molecule has 0 amide bonds. The van der Waals surface area contributed by atoms with Crippen molar-refractivity contribution < 1.29 is 0 Å². The molecule has 0 aliphatic heterocycles. The van der Waals surface area contributed by atoms with Crippen molar-refractivity contribution in [1.82, 2.24) is 15.0 Å². The average molecular weight is 523 g/mol. The van der Waals surface area contributed by atoms with Gasteiger partial charge in [0.2, 0.25) is 0 Å². The van der Waals surface area contributed by atoms with E-state index in [1.165, 1.54) is 6.21 Å². The van der Waals surface area contributed by atoms with Crippen LogP contribution in [0.5, 0.6) is 0 Å². The van der Waals surface area contributed by atoms with Gasteiger partial charge in [0.25, 0.3) is 0 Å². The van der Waals surface area contributed by atoms with E-state index >= 15 is 0 Å². The molecule has 40 heavy (non-hydrogen) atoms. The minimum absolute atomic E-state index is 0.810. The van der Waals surface area contributed by atoms with Crippen LogP contribution >= 0.6 is 0 Å². The molecule has 5 rings (SSSR count). The van der Waals surface area contributed by atoms with Crippen molar-refractivity contribution in [3.05, 3.63) is 145 Å². The summed E-state index contributed by atoms with van der Waals surface area (Å²) in [5, 5.41) is 7.40. The van der Waals surface area contributed by atoms with Gasteiger partial charge in [0, 0.05) is 42.4 Å². The number of hydrogen-bond donors (Lipinski definition) is 1. The van der Waals surface area contributed by atoms with Crippen LogP contribution in [0.15, 0.2) is 140 Å². The molecule has 2 aromatic carbocycles. The molecule has 0 aliphatic rings. The van der Waals surface area contributed by atoms with Gasteiger partial charge in [-0.1, -0.05) is 48.5 Å². The highest BCUT2D eigenvalue weighted by Crippen LogP contribution is 2.34. The third-order valence-electron chi connectivity index (χ3n) is 6.33. The summed E-state index contributed by atoms with van der Waals surface area (Å²) >= 11 is 0. The van der Waals surface area contributed by atoms with E-state index in [1.54, 1.807) is 12.4 Å². The van der Waals surface area contributed by atoms with E-state index in [2.05, 4.69) is 74.4 Å². The maximum atomic E-state index is 7.40. The van der Waals surface area contributed by atoms with Gasteiger partial charge in [-0.3, -0.25) is 4.90 Å². The Morgan fingerprint density at radius 3 is 1.82 bits per heavy atom. The van der Waals surface area contributed by atoms with Gasteiger partial charge in [0.05, 0.1) is 0 Å². The van der Waals surface area contributed by atoms with Crippen LogP contribution in [0.2, 0.25) is 0 Å². The van der Waals surface area contributed by atoms with Crippen LogP contribution in [0.25, 0.3) is 11.1 Å². The smallest absolute Gasteiger partial charge is 0.138 e. The van der Waals surface area contributed by atoms with Crippen LogP contribution < -0.4 is 9.80 Å². The second kappa shape index (κ2) is 12.5. The Labute approximate surface area is 235 Å². The summed E-state index contributed by atoms with van der Waals surface area (Å²) in [5.74, 6) is 2.44. The topological polar surface area (TPSA) is 69.0 Å². The molecule has 196 valence electrons. The summed E-state index contributed by atoms with van der Waals surface area (Å²) in [6.45, 7) is 3.93. The molecule has 5 aromatic rings. The van der Waals surface area contributed by atoms with Gasteiger partial charge in [-0.25, -0.2) is 15.0 Å². The van der Waals surface area contributed by atoms with E-state index in [0.29, 0.717) is 0 Å². The highest BCUT2D eigenvalue weighted by molar-refractivity contribution is 5.77. The Morgan fingerprint density at radius 1 is 0.675 bits per heavy atom. The van der Waals surface area contributed by atoms with Gasteiger partial charge in [-0.2, -0.15) is 0 Å². The first-order valence-electron chi connectivity index (χ1n) is 13.0. The molecule has 0 unspecified atom stereocenters. The Balaban J connectivity index is 1.43. The zero-order chi connectivity index (χ0) is 27.7. The number of nitrogens with one attached hydrogen (secondary N) is 1. The van der Waals surface area contributed by atoms with Gasteiger partial charge in [0.15, 0.2) is 0 Å². The van der Waals surface area contributed by atoms with Crippen LogP contribution in [0, 0.1) is 12.3 Å². The fourth-order valence-corrected chi connectivity index (χ4v) is 4.20. The van der Waals surface area contributed by atoms with E-state index in [1.807, 2.05) is 85.8 Å². The van der Waals surface area contributed by atoms with Gasteiger partial charge >= 0.3 is 0 Å². The van der Waals surface area contributed by atoms with Gasteiger partial charge < -0.3 is 10.3 Å². The lowest BCUT2D eigenvalue weighted by Gasteiger charge is -2.23. The number of benzene rings is 2. The monoisotopic (exact) mass is 522 g/mol. The SMILES string of the molecule is C/C(C=N)=C/C=C/N(c1ccc(-c2ccc(N(c3ccccn3)c3ccc(C)cn3)cc2)cc1)c1ccccn1. The number of nitrogens with zero attached hydrogens (tertiary/aromatic N) is 5.